The summed E-state index contributed by atoms with van der Waals surface area (Å²) in [6.45, 7) is 0. The van der Waals surface area contributed by atoms with Crippen molar-refractivity contribution in [2.75, 3.05) is 14.2 Å². The fourth-order valence-electron chi connectivity index (χ4n) is 1.93. The molecule has 24 heavy (non-hydrogen) atoms. The summed E-state index contributed by atoms with van der Waals surface area (Å²) in [7, 11) is 2.92. The predicted octanol–water partition coefficient (Wildman–Crippen LogP) is 3.17. The Labute approximate surface area is 138 Å². The van der Waals surface area contributed by atoms with E-state index < -0.39 is 10.9 Å². The maximum absolute atomic E-state index is 12.2. The second kappa shape index (κ2) is 7.77. The molecular weight excluding hydrogens is 314 g/mol. The average molecular weight is 329 g/mol. The fourth-order valence-corrected chi connectivity index (χ4v) is 1.93. The fraction of sp³-hybridized carbons (Fsp3) is 0.118. The molecule has 2 rings (SSSR count). The highest BCUT2D eigenvalue weighted by Crippen LogP contribution is 2.29. The SMILES string of the molecule is COc1cccc(C(=O)Oc2ccc(C=C[N+](=O)[O-])cc2OC)c1. The van der Waals surface area contributed by atoms with Crippen LogP contribution in [0, 0.1) is 10.1 Å². The van der Waals surface area contributed by atoms with Crippen LogP contribution in [0.25, 0.3) is 6.08 Å². The van der Waals surface area contributed by atoms with Crippen molar-refractivity contribution in [3.8, 4) is 17.2 Å². The summed E-state index contributed by atoms with van der Waals surface area (Å²) < 4.78 is 15.6. The maximum atomic E-state index is 12.2. The van der Waals surface area contributed by atoms with Crippen LogP contribution >= 0.6 is 0 Å². The number of carbonyl (C=O) groups excluding carboxylic acids is 1. The van der Waals surface area contributed by atoms with E-state index in [1.54, 1.807) is 30.3 Å². The summed E-state index contributed by atoms with van der Waals surface area (Å²) in [5.41, 5.74) is 0.874. The minimum atomic E-state index is -0.569. The zero-order valence-corrected chi connectivity index (χ0v) is 13.1. The van der Waals surface area contributed by atoms with Gasteiger partial charge in [0.15, 0.2) is 11.5 Å². The molecule has 7 nitrogen and oxygen atoms in total. The van der Waals surface area contributed by atoms with E-state index in [1.807, 2.05) is 0 Å². The second-order valence-electron chi connectivity index (χ2n) is 4.63. The van der Waals surface area contributed by atoms with Gasteiger partial charge in [-0.05, 0) is 35.9 Å². The highest BCUT2D eigenvalue weighted by Gasteiger charge is 2.13. The molecule has 2 aromatic rings. The van der Waals surface area contributed by atoms with Gasteiger partial charge in [0, 0.05) is 6.08 Å². The van der Waals surface area contributed by atoms with Gasteiger partial charge in [-0.15, -0.1) is 0 Å². The van der Waals surface area contributed by atoms with Gasteiger partial charge < -0.3 is 14.2 Å². The molecule has 0 unspecified atom stereocenters. The van der Waals surface area contributed by atoms with E-state index in [0.717, 1.165) is 6.20 Å². The van der Waals surface area contributed by atoms with Gasteiger partial charge in [-0.25, -0.2) is 4.79 Å². The van der Waals surface area contributed by atoms with Crippen LogP contribution in [0.3, 0.4) is 0 Å². The number of nitro groups is 1. The Morgan fingerprint density at radius 1 is 1.08 bits per heavy atom. The number of esters is 1. The van der Waals surface area contributed by atoms with Crippen molar-refractivity contribution >= 4 is 12.0 Å². The van der Waals surface area contributed by atoms with E-state index in [4.69, 9.17) is 14.2 Å². The molecule has 0 radical (unpaired) electrons. The lowest BCUT2D eigenvalue weighted by Gasteiger charge is -2.10. The van der Waals surface area contributed by atoms with E-state index in [0.29, 0.717) is 16.9 Å². The van der Waals surface area contributed by atoms with Crippen molar-refractivity contribution in [1.29, 1.82) is 0 Å². The molecule has 0 aromatic heterocycles. The summed E-state index contributed by atoms with van der Waals surface area (Å²) >= 11 is 0. The largest absolute Gasteiger partial charge is 0.497 e. The number of ether oxygens (including phenoxy) is 3. The van der Waals surface area contributed by atoms with Crippen molar-refractivity contribution in [2.24, 2.45) is 0 Å². The van der Waals surface area contributed by atoms with Crippen molar-refractivity contribution in [2.45, 2.75) is 0 Å². The molecule has 0 saturated heterocycles. The molecule has 0 heterocycles. The first-order chi connectivity index (χ1) is 11.5. The Morgan fingerprint density at radius 3 is 2.54 bits per heavy atom. The van der Waals surface area contributed by atoms with E-state index in [9.17, 15) is 14.9 Å². The van der Waals surface area contributed by atoms with Crippen LogP contribution in [0.2, 0.25) is 0 Å². The van der Waals surface area contributed by atoms with E-state index >= 15 is 0 Å². The predicted molar refractivity (Wildman–Crippen MR) is 87.0 cm³/mol. The van der Waals surface area contributed by atoms with Gasteiger partial charge in [-0.1, -0.05) is 12.1 Å². The van der Waals surface area contributed by atoms with Crippen LogP contribution in [0.5, 0.6) is 17.2 Å². The van der Waals surface area contributed by atoms with Gasteiger partial charge in [0.05, 0.1) is 24.7 Å². The Kier molecular flexibility index (Phi) is 5.51. The molecule has 2 aromatic carbocycles. The molecule has 0 aliphatic carbocycles. The monoisotopic (exact) mass is 329 g/mol. The molecule has 0 aliphatic heterocycles. The quantitative estimate of drug-likeness (QED) is 0.350. The Morgan fingerprint density at radius 2 is 1.88 bits per heavy atom. The Balaban J connectivity index is 2.22. The molecule has 124 valence electrons. The minimum Gasteiger partial charge on any atom is -0.497 e. The number of nitrogens with zero attached hydrogens (tertiary/aromatic N) is 1. The number of benzene rings is 2. The first kappa shape index (κ1) is 17.0. The molecule has 0 N–H and O–H groups in total. The molecule has 0 amide bonds. The first-order valence-corrected chi connectivity index (χ1v) is 6.89. The van der Waals surface area contributed by atoms with Crippen LogP contribution in [0.4, 0.5) is 0 Å². The van der Waals surface area contributed by atoms with Crippen LogP contribution in [-0.2, 0) is 0 Å². The van der Waals surface area contributed by atoms with Gasteiger partial charge in [0.2, 0.25) is 6.20 Å². The molecule has 7 heteroatoms. The van der Waals surface area contributed by atoms with Gasteiger partial charge in [-0.3, -0.25) is 10.1 Å². The molecule has 0 aliphatic rings. The van der Waals surface area contributed by atoms with Crippen LogP contribution < -0.4 is 14.2 Å². The van der Waals surface area contributed by atoms with Crippen molar-refractivity contribution in [3.05, 3.63) is 69.9 Å². The van der Waals surface area contributed by atoms with Gasteiger partial charge in [0.25, 0.3) is 0 Å². The highest BCUT2D eigenvalue weighted by atomic mass is 16.6. The molecule has 0 atom stereocenters. The second-order valence-corrected chi connectivity index (χ2v) is 4.63. The topological polar surface area (TPSA) is 87.9 Å². The average Bonchev–Trinajstić information content (AvgIpc) is 2.60. The molecule has 0 saturated carbocycles. The number of rotatable bonds is 6. The highest BCUT2D eigenvalue weighted by molar-refractivity contribution is 5.91. The van der Waals surface area contributed by atoms with Crippen LogP contribution in [0.15, 0.2) is 48.7 Å². The van der Waals surface area contributed by atoms with Gasteiger partial charge >= 0.3 is 5.97 Å². The number of hydrogen-bond acceptors (Lipinski definition) is 6. The third-order valence-corrected chi connectivity index (χ3v) is 3.08. The first-order valence-electron chi connectivity index (χ1n) is 6.89. The number of methoxy groups -OCH3 is 2. The molecule has 0 fully saturated rings. The van der Waals surface area contributed by atoms with Crippen molar-refractivity contribution < 1.29 is 23.9 Å². The summed E-state index contributed by atoms with van der Waals surface area (Å²) in [6, 6.07) is 11.2. The third-order valence-electron chi connectivity index (χ3n) is 3.08. The molecule has 0 bridgehead atoms. The normalized spacial score (nSPS) is 10.4. The van der Waals surface area contributed by atoms with E-state index in [-0.39, 0.29) is 11.5 Å². The van der Waals surface area contributed by atoms with Gasteiger partial charge in [0.1, 0.15) is 5.75 Å². The third kappa shape index (κ3) is 4.33. The Bertz CT molecular complexity index is 784. The standard InChI is InChI=1S/C17H15NO6/c1-22-14-5-3-4-13(11-14)17(19)24-15-7-6-12(8-9-18(20)21)10-16(15)23-2/h3-11H,1-2H3. The van der Waals surface area contributed by atoms with Crippen molar-refractivity contribution in [1.82, 2.24) is 0 Å². The van der Waals surface area contributed by atoms with E-state index in [1.165, 1.54) is 32.4 Å². The van der Waals surface area contributed by atoms with Crippen LogP contribution in [-0.4, -0.2) is 25.1 Å². The summed E-state index contributed by atoms with van der Waals surface area (Å²) in [6.07, 6.45) is 2.13. The lowest BCUT2D eigenvalue weighted by Crippen LogP contribution is -2.09. The lowest BCUT2D eigenvalue weighted by atomic mass is 10.2. The van der Waals surface area contributed by atoms with Crippen molar-refractivity contribution in [3.63, 3.8) is 0 Å². The zero-order valence-electron chi connectivity index (χ0n) is 13.1. The summed E-state index contributed by atoms with van der Waals surface area (Å²) in [5.74, 6) is 0.470. The van der Waals surface area contributed by atoms with E-state index in [2.05, 4.69) is 0 Å². The number of hydrogen-bond donors (Lipinski definition) is 0. The maximum Gasteiger partial charge on any atom is 0.343 e. The Hall–Kier alpha value is -3.35. The van der Waals surface area contributed by atoms with Gasteiger partial charge in [-0.2, -0.15) is 0 Å². The number of carbonyl (C=O) groups is 1. The smallest absolute Gasteiger partial charge is 0.343 e. The summed E-state index contributed by atoms with van der Waals surface area (Å²) in [4.78, 5) is 22.0. The lowest BCUT2D eigenvalue weighted by molar-refractivity contribution is -0.400. The summed E-state index contributed by atoms with van der Waals surface area (Å²) in [5, 5.41) is 10.4. The molecule has 0 spiro atoms. The molecular formula is C17H15NO6. The zero-order chi connectivity index (χ0) is 17.5. The van der Waals surface area contributed by atoms with Crippen LogP contribution in [0.1, 0.15) is 15.9 Å². The minimum absolute atomic E-state index is 0.212.